The summed E-state index contributed by atoms with van der Waals surface area (Å²) in [5.74, 6) is 0.708. The number of benzene rings is 1. The second-order valence-electron chi connectivity index (χ2n) is 9.94. The zero-order valence-electron chi connectivity index (χ0n) is 23.6. The van der Waals surface area contributed by atoms with Crippen LogP contribution in [0.2, 0.25) is 0 Å². The first-order valence-corrected chi connectivity index (χ1v) is 13.6. The average Bonchev–Trinajstić information content (AvgIpc) is 3.82. The molecule has 0 amide bonds. The summed E-state index contributed by atoms with van der Waals surface area (Å²) < 4.78 is 0. The van der Waals surface area contributed by atoms with Crippen molar-refractivity contribution in [1.29, 1.82) is 0 Å². The van der Waals surface area contributed by atoms with Gasteiger partial charge >= 0.3 is 0 Å². The van der Waals surface area contributed by atoms with Crippen molar-refractivity contribution >= 4 is 11.3 Å². The third kappa shape index (κ3) is 8.13. The standard InChI is InChI=1S/C17H18N2.C14H20N2.C2H6/c1-11(2)17-9-15(8-12(3)19-17)14-6-7-16(18-10-14)13-4-5-13;1-11-5-4-6-13(9-11)12(2)16(10-15-3)14-7-8-14;1-2/h6-10,13H,1,4-5H2,2-3H3;4-6,9,14-15H,2,7-8,10H2,1,3H3;1-2H3. The second-order valence-corrected chi connectivity index (χ2v) is 9.94. The minimum Gasteiger partial charge on any atom is -0.356 e. The molecule has 37 heavy (non-hydrogen) atoms. The van der Waals surface area contributed by atoms with Gasteiger partial charge in [0.2, 0.25) is 0 Å². The molecular formula is C33H44N4. The summed E-state index contributed by atoms with van der Waals surface area (Å²) in [6.07, 6.45) is 7.16. The van der Waals surface area contributed by atoms with E-state index in [1.807, 2.05) is 40.9 Å². The van der Waals surface area contributed by atoms with E-state index in [4.69, 9.17) is 0 Å². The monoisotopic (exact) mass is 496 g/mol. The lowest BCUT2D eigenvalue weighted by atomic mass is 10.0. The molecule has 2 aromatic heterocycles. The molecule has 4 heteroatoms. The van der Waals surface area contributed by atoms with Gasteiger partial charge < -0.3 is 10.2 Å². The third-order valence-corrected chi connectivity index (χ3v) is 6.52. The Morgan fingerprint density at radius 1 is 0.973 bits per heavy atom. The molecule has 196 valence electrons. The van der Waals surface area contributed by atoms with Crippen molar-refractivity contribution in [3.8, 4) is 11.1 Å². The summed E-state index contributed by atoms with van der Waals surface area (Å²) in [6.45, 7) is 19.2. The minimum atomic E-state index is 0.695. The molecule has 0 spiro atoms. The van der Waals surface area contributed by atoms with Crippen molar-refractivity contribution in [2.24, 2.45) is 0 Å². The number of nitrogens with one attached hydrogen (secondary N) is 1. The number of hydrogen-bond acceptors (Lipinski definition) is 4. The molecular weight excluding hydrogens is 452 g/mol. The number of allylic oxidation sites excluding steroid dienone is 1. The Kier molecular flexibility index (Phi) is 10.2. The zero-order valence-corrected chi connectivity index (χ0v) is 23.6. The summed E-state index contributed by atoms with van der Waals surface area (Å²) in [6, 6.07) is 17.8. The summed E-state index contributed by atoms with van der Waals surface area (Å²) >= 11 is 0. The lowest BCUT2D eigenvalue weighted by Crippen LogP contribution is -2.32. The quantitative estimate of drug-likeness (QED) is 0.321. The first-order valence-electron chi connectivity index (χ1n) is 13.6. The van der Waals surface area contributed by atoms with Crippen LogP contribution in [-0.2, 0) is 0 Å². The predicted molar refractivity (Wildman–Crippen MR) is 159 cm³/mol. The first-order chi connectivity index (χ1) is 17.9. The highest BCUT2D eigenvalue weighted by Crippen LogP contribution is 2.39. The maximum absolute atomic E-state index is 4.58. The van der Waals surface area contributed by atoms with Crippen LogP contribution in [0.1, 0.15) is 80.6 Å². The fourth-order valence-corrected chi connectivity index (χ4v) is 4.24. The van der Waals surface area contributed by atoms with Crippen LogP contribution < -0.4 is 5.32 Å². The van der Waals surface area contributed by atoms with Gasteiger partial charge in [0, 0.05) is 40.8 Å². The molecule has 1 N–H and O–H groups in total. The average molecular weight is 497 g/mol. The van der Waals surface area contributed by atoms with Gasteiger partial charge in [-0.05, 0) is 94.5 Å². The van der Waals surface area contributed by atoms with E-state index in [1.165, 1.54) is 48.1 Å². The van der Waals surface area contributed by atoms with Crippen LogP contribution in [0.15, 0.2) is 67.9 Å². The van der Waals surface area contributed by atoms with Crippen molar-refractivity contribution in [2.45, 2.75) is 72.3 Å². The third-order valence-electron chi connectivity index (χ3n) is 6.52. The van der Waals surface area contributed by atoms with E-state index in [2.05, 4.69) is 88.8 Å². The number of pyridine rings is 2. The summed E-state index contributed by atoms with van der Waals surface area (Å²) in [7, 11) is 1.99. The van der Waals surface area contributed by atoms with Crippen molar-refractivity contribution in [3.63, 3.8) is 0 Å². The van der Waals surface area contributed by atoms with Crippen LogP contribution in [0.3, 0.4) is 0 Å². The summed E-state index contributed by atoms with van der Waals surface area (Å²) in [5.41, 5.74) is 10.2. The highest BCUT2D eigenvalue weighted by Gasteiger charge is 2.29. The van der Waals surface area contributed by atoms with E-state index in [0.29, 0.717) is 12.0 Å². The molecule has 2 aliphatic carbocycles. The van der Waals surface area contributed by atoms with Crippen molar-refractivity contribution in [3.05, 3.63) is 96.1 Å². The fraction of sp³-hybridized carbons (Fsp3) is 0.394. The molecule has 2 aliphatic rings. The summed E-state index contributed by atoms with van der Waals surface area (Å²) in [5, 5.41) is 3.22. The van der Waals surface area contributed by atoms with E-state index < -0.39 is 0 Å². The van der Waals surface area contributed by atoms with Crippen molar-refractivity contribution < 1.29 is 0 Å². The molecule has 0 radical (unpaired) electrons. The van der Waals surface area contributed by atoms with E-state index >= 15 is 0 Å². The van der Waals surface area contributed by atoms with Crippen LogP contribution in [0.25, 0.3) is 22.4 Å². The number of hydrogen-bond donors (Lipinski definition) is 1. The molecule has 5 rings (SSSR count). The highest BCUT2D eigenvalue weighted by atomic mass is 15.3. The van der Waals surface area contributed by atoms with Gasteiger partial charge in [-0.15, -0.1) is 0 Å². The van der Waals surface area contributed by atoms with Crippen LogP contribution in [-0.4, -0.2) is 34.6 Å². The van der Waals surface area contributed by atoms with Gasteiger partial charge in [0.25, 0.3) is 0 Å². The van der Waals surface area contributed by atoms with Crippen LogP contribution >= 0.6 is 0 Å². The molecule has 0 unspecified atom stereocenters. The van der Waals surface area contributed by atoms with E-state index in [0.717, 1.165) is 34.9 Å². The number of aromatic nitrogens is 2. The SMILES string of the molecule is C=C(C)c1cc(-c2ccc(C3CC3)nc2)cc(C)n1.C=C(c1cccc(C)c1)N(CNC)C1CC1.CC. The normalized spacial score (nSPS) is 14.0. The summed E-state index contributed by atoms with van der Waals surface area (Å²) in [4.78, 5) is 11.4. The predicted octanol–water partition coefficient (Wildman–Crippen LogP) is 8.00. The molecule has 1 aromatic carbocycles. The maximum atomic E-state index is 4.58. The molecule has 2 saturated carbocycles. The maximum Gasteiger partial charge on any atom is 0.0682 e. The van der Waals surface area contributed by atoms with Crippen LogP contribution in [0, 0.1) is 13.8 Å². The molecule has 2 heterocycles. The Labute approximate surface area is 224 Å². The van der Waals surface area contributed by atoms with Gasteiger partial charge in [0.15, 0.2) is 0 Å². The number of nitrogens with zero attached hydrogens (tertiary/aromatic N) is 3. The Morgan fingerprint density at radius 3 is 2.24 bits per heavy atom. The molecule has 0 atom stereocenters. The number of rotatable bonds is 8. The minimum absolute atomic E-state index is 0.695. The fourth-order valence-electron chi connectivity index (χ4n) is 4.24. The van der Waals surface area contributed by atoms with Gasteiger partial charge in [-0.1, -0.05) is 56.8 Å². The highest BCUT2D eigenvalue weighted by molar-refractivity contribution is 5.69. The lowest BCUT2D eigenvalue weighted by molar-refractivity contribution is 0.367. The molecule has 2 fully saturated rings. The van der Waals surface area contributed by atoms with Gasteiger partial charge in [-0.2, -0.15) is 0 Å². The molecule has 0 bridgehead atoms. The van der Waals surface area contributed by atoms with E-state index in [1.54, 1.807) is 0 Å². The first kappa shape index (κ1) is 28.3. The Morgan fingerprint density at radius 2 is 1.70 bits per heavy atom. The van der Waals surface area contributed by atoms with Gasteiger partial charge in [-0.25, -0.2) is 0 Å². The van der Waals surface area contributed by atoms with Crippen LogP contribution in [0.4, 0.5) is 0 Å². The Balaban J connectivity index is 0.000000195. The second kappa shape index (κ2) is 13.3. The van der Waals surface area contributed by atoms with E-state index in [9.17, 15) is 0 Å². The molecule has 3 aromatic rings. The molecule has 0 saturated heterocycles. The Hall–Kier alpha value is -3.24. The number of aryl methyl sites for hydroxylation is 2. The molecule has 4 nitrogen and oxygen atoms in total. The van der Waals surface area contributed by atoms with Crippen molar-refractivity contribution in [1.82, 2.24) is 20.2 Å². The topological polar surface area (TPSA) is 41.1 Å². The lowest BCUT2D eigenvalue weighted by Gasteiger charge is -2.26. The van der Waals surface area contributed by atoms with E-state index in [-0.39, 0.29) is 0 Å². The Bertz CT molecular complexity index is 1190. The smallest absolute Gasteiger partial charge is 0.0682 e. The van der Waals surface area contributed by atoms with Crippen LogP contribution in [0.5, 0.6) is 0 Å². The zero-order chi connectivity index (χ0) is 26.9. The van der Waals surface area contributed by atoms with Gasteiger partial charge in [0.05, 0.1) is 12.4 Å². The largest absolute Gasteiger partial charge is 0.356 e. The van der Waals surface area contributed by atoms with Crippen molar-refractivity contribution in [2.75, 3.05) is 13.7 Å². The van der Waals surface area contributed by atoms with Gasteiger partial charge in [0.1, 0.15) is 0 Å². The van der Waals surface area contributed by atoms with Gasteiger partial charge in [-0.3, -0.25) is 9.97 Å². The molecule has 0 aliphatic heterocycles.